The summed E-state index contributed by atoms with van der Waals surface area (Å²) in [6.45, 7) is 0.232. The molecule has 0 saturated heterocycles. The minimum absolute atomic E-state index is 0.144. The van der Waals surface area contributed by atoms with E-state index in [1.54, 1.807) is 24.3 Å². The first-order chi connectivity index (χ1) is 9.97. The minimum Gasteiger partial charge on any atom is -0.477 e. The Morgan fingerprint density at radius 1 is 1.14 bits per heavy atom. The largest absolute Gasteiger partial charge is 0.477 e. The predicted molar refractivity (Wildman–Crippen MR) is 76.6 cm³/mol. The Morgan fingerprint density at radius 3 is 2.38 bits per heavy atom. The third kappa shape index (κ3) is 3.70. The Balaban J connectivity index is 2.08. The average Bonchev–Trinajstić information content (AvgIpc) is 2.46. The van der Waals surface area contributed by atoms with Crippen molar-refractivity contribution in [3.63, 3.8) is 0 Å². The summed E-state index contributed by atoms with van der Waals surface area (Å²) in [7, 11) is 0. The van der Waals surface area contributed by atoms with Crippen molar-refractivity contribution in [2.45, 2.75) is 6.54 Å². The highest BCUT2D eigenvalue weighted by atomic mass is 35.5. The molecule has 2 rings (SSSR count). The van der Waals surface area contributed by atoms with E-state index in [9.17, 15) is 14.4 Å². The quantitative estimate of drug-likeness (QED) is 0.800. The van der Waals surface area contributed by atoms with Crippen LogP contribution in [-0.2, 0) is 6.54 Å². The van der Waals surface area contributed by atoms with E-state index < -0.39 is 17.4 Å². The summed E-state index contributed by atoms with van der Waals surface area (Å²) in [5.41, 5.74) is -0.335. The van der Waals surface area contributed by atoms with Gasteiger partial charge in [0.05, 0.1) is 0 Å². The summed E-state index contributed by atoms with van der Waals surface area (Å²) < 4.78 is 0. The molecule has 0 fully saturated rings. The fraction of sp³-hybridized carbons (Fsp3) is 0.0714. The molecule has 2 aromatic rings. The Bertz CT molecular complexity index is 737. The molecular formula is C14H11ClN2O4. The Kier molecular flexibility index (Phi) is 4.39. The van der Waals surface area contributed by atoms with Gasteiger partial charge in [-0.2, -0.15) is 0 Å². The molecule has 1 aromatic heterocycles. The number of H-pyrrole nitrogens is 1. The van der Waals surface area contributed by atoms with Crippen molar-refractivity contribution >= 4 is 23.5 Å². The number of amides is 1. The number of pyridine rings is 1. The zero-order valence-corrected chi connectivity index (χ0v) is 11.5. The number of hydrogen-bond acceptors (Lipinski definition) is 3. The number of hydrogen-bond donors (Lipinski definition) is 3. The number of halogens is 1. The van der Waals surface area contributed by atoms with Crippen molar-refractivity contribution in [2.24, 2.45) is 0 Å². The Morgan fingerprint density at radius 2 is 1.81 bits per heavy atom. The van der Waals surface area contributed by atoms with Crippen molar-refractivity contribution in [3.05, 3.63) is 68.6 Å². The summed E-state index contributed by atoms with van der Waals surface area (Å²) in [6.07, 6.45) is 0. The van der Waals surface area contributed by atoms with Crippen LogP contribution in [0.5, 0.6) is 0 Å². The second-order valence-corrected chi connectivity index (χ2v) is 4.67. The van der Waals surface area contributed by atoms with Crippen LogP contribution >= 0.6 is 11.6 Å². The highest BCUT2D eigenvalue weighted by Gasteiger charge is 2.12. The van der Waals surface area contributed by atoms with Crippen LogP contribution in [0.3, 0.4) is 0 Å². The maximum Gasteiger partial charge on any atom is 0.352 e. The first-order valence-corrected chi connectivity index (χ1v) is 6.34. The molecule has 0 aliphatic heterocycles. The normalized spacial score (nSPS) is 10.1. The molecule has 0 unspecified atom stereocenters. The van der Waals surface area contributed by atoms with Crippen LogP contribution in [0.25, 0.3) is 0 Å². The Hall–Kier alpha value is -2.60. The molecule has 0 spiro atoms. The molecular weight excluding hydrogens is 296 g/mol. The SMILES string of the molecule is O=C(O)c1ccc(C(=O)NCc2ccc(Cl)cc2)c(=O)[nH]1. The molecule has 0 bridgehead atoms. The van der Waals surface area contributed by atoms with E-state index >= 15 is 0 Å². The number of aromatic carboxylic acids is 1. The van der Waals surface area contributed by atoms with E-state index in [2.05, 4.69) is 10.3 Å². The molecule has 0 aliphatic carbocycles. The van der Waals surface area contributed by atoms with Gasteiger partial charge in [-0.1, -0.05) is 23.7 Å². The molecule has 0 saturated carbocycles. The molecule has 6 nitrogen and oxygen atoms in total. The van der Waals surface area contributed by atoms with Crippen molar-refractivity contribution in [1.82, 2.24) is 10.3 Å². The van der Waals surface area contributed by atoms with Gasteiger partial charge in [-0.05, 0) is 29.8 Å². The molecule has 3 N–H and O–H groups in total. The lowest BCUT2D eigenvalue weighted by Gasteiger charge is -2.05. The fourth-order valence-electron chi connectivity index (χ4n) is 1.66. The molecule has 1 heterocycles. The third-order valence-electron chi connectivity index (χ3n) is 2.75. The molecule has 0 atom stereocenters. The number of aromatic nitrogens is 1. The van der Waals surface area contributed by atoms with E-state index in [0.29, 0.717) is 5.02 Å². The van der Waals surface area contributed by atoms with E-state index in [1.807, 2.05) is 0 Å². The smallest absolute Gasteiger partial charge is 0.352 e. The molecule has 0 radical (unpaired) electrons. The van der Waals surface area contributed by atoms with E-state index in [4.69, 9.17) is 16.7 Å². The van der Waals surface area contributed by atoms with Crippen LogP contribution in [0.2, 0.25) is 5.02 Å². The van der Waals surface area contributed by atoms with Crippen LogP contribution in [0.15, 0.2) is 41.2 Å². The summed E-state index contributed by atoms with van der Waals surface area (Å²) in [6, 6.07) is 9.23. The lowest BCUT2D eigenvalue weighted by atomic mass is 10.2. The maximum atomic E-state index is 11.9. The highest BCUT2D eigenvalue weighted by molar-refractivity contribution is 6.30. The summed E-state index contributed by atoms with van der Waals surface area (Å²) in [5.74, 6) is -1.84. The number of carbonyl (C=O) groups is 2. The molecule has 1 amide bonds. The number of rotatable bonds is 4. The van der Waals surface area contributed by atoms with Gasteiger partial charge in [-0.3, -0.25) is 9.59 Å². The van der Waals surface area contributed by atoms with E-state index in [-0.39, 0.29) is 17.8 Å². The summed E-state index contributed by atoms with van der Waals surface area (Å²) >= 11 is 5.75. The zero-order valence-electron chi connectivity index (χ0n) is 10.7. The van der Waals surface area contributed by atoms with Crippen LogP contribution in [0.4, 0.5) is 0 Å². The number of carbonyl (C=O) groups excluding carboxylic acids is 1. The lowest BCUT2D eigenvalue weighted by Crippen LogP contribution is -2.30. The van der Waals surface area contributed by atoms with Gasteiger partial charge in [-0.15, -0.1) is 0 Å². The molecule has 1 aromatic carbocycles. The first-order valence-electron chi connectivity index (χ1n) is 5.96. The lowest BCUT2D eigenvalue weighted by molar-refractivity contribution is 0.0689. The number of nitrogens with one attached hydrogen (secondary N) is 2. The van der Waals surface area contributed by atoms with Crippen LogP contribution in [-0.4, -0.2) is 22.0 Å². The fourth-order valence-corrected chi connectivity index (χ4v) is 1.78. The number of carboxylic acids is 1. The maximum absolute atomic E-state index is 11.9. The third-order valence-corrected chi connectivity index (χ3v) is 3.00. The first kappa shape index (κ1) is 14.8. The van der Waals surface area contributed by atoms with Crippen molar-refractivity contribution in [3.8, 4) is 0 Å². The molecule has 0 aliphatic rings. The standard InChI is InChI=1S/C14H11ClN2O4/c15-9-3-1-8(2-4-9)7-16-12(18)10-5-6-11(14(20)21)17-13(10)19/h1-6H,7H2,(H,16,18)(H,17,19)(H,20,21). The van der Waals surface area contributed by atoms with Gasteiger partial charge in [0, 0.05) is 11.6 Å². The van der Waals surface area contributed by atoms with E-state index in [0.717, 1.165) is 5.56 Å². The second-order valence-electron chi connectivity index (χ2n) is 4.23. The molecule has 7 heteroatoms. The van der Waals surface area contributed by atoms with Crippen molar-refractivity contribution in [1.29, 1.82) is 0 Å². The van der Waals surface area contributed by atoms with Crippen LogP contribution in [0.1, 0.15) is 26.4 Å². The summed E-state index contributed by atoms with van der Waals surface area (Å²) in [5, 5.41) is 11.9. The van der Waals surface area contributed by atoms with E-state index in [1.165, 1.54) is 12.1 Å². The van der Waals surface area contributed by atoms with Crippen molar-refractivity contribution < 1.29 is 14.7 Å². The average molecular weight is 307 g/mol. The minimum atomic E-state index is -1.26. The molecule has 21 heavy (non-hydrogen) atoms. The molecule has 108 valence electrons. The zero-order chi connectivity index (χ0) is 15.4. The van der Waals surface area contributed by atoms with Crippen LogP contribution < -0.4 is 10.9 Å². The van der Waals surface area contributed by atoms with Gasteiger partial charge in [0.25, 0.3) is 11.5 Å². The second kappa shape index (κ2) is 6.23. The number of aromatic amines is 1. The van der Waals surface area contributed by atoms with Gasteiger partial charge in [0.2, 0.25) is 0 Å². The Labute approximate surface area is 124 Å². The summed E-state index contributed by atoms with van der Waals surface area (Å²) in [4.78, 5) is 36.3. The number of carboxylic acid groups (broad SMARTS) is 1. The monoisotopic (exact) mass is 306 g/mol. The van der Waals surface area contributed by atoms with Gasteiger partial charge < -0.3 is 15.4 Å². The predicted octanol–water partition coefficient (Wildman–Crippen LogP) is 1.66. The topological polar surface area (TPSA) is 99.3 Å². The van der Waals surface area contributed by atoms with Gasteiger partial charge in [0.1, 0.15) is 11.3 Å². The highest BCUT2D eigenvalue weighted by Crippen LogP contribution is 2.09. The van der Waals surface area contributed by atoms with Gasteiger partial charge in [0.15, 0.2) is 0 Å². The van der Waals surface area contributed by atoms with Crippen LogP contribution in [0, 0.1) is 0 Å². The van der Waals surface area contributed by atoms with Gasteiger partial charge in [-0.25, -0.2) is 4.79 Å². The van der Waals surface area contributed by atoms with Gasteiger partial charge >= 0.3 is 5.97 Å². The van der Waals surface area contributed by atoms with Crippen molar-refractivity contribution in [2.75, 3.05) is 0 Å². The number of benzene rings is 1.